The van der Waals surface area contributed by atoms with Gasteiger partial charge >= 0.3 is 0 Å². The summed E-state index contributed by atoms with van der Waals surface area (Å²) >= 11 is 1.30. The molecular formula is C18H19N5O2S. The molecule has 0 spiro atoms. The van der Waals surface area contributed by atoms with Crippen molar-refractivity contribution in [2.24, 2.45) is 0 Å². The number of nitrogens with one attached hydrogen (secondary N) is 1. The second kappa shape index (κ2) is 8.48. The molecule has 1 amide bonds. The van der Waals surface area contributed by atoms with E-state index in [2.05, 4.69) is 20.8 Å². The Labute approximate surface area is 155 Å². The molecule has 0 aliphatic carbocycles. The van der Waals surface area contributed by atoms with Gasteiger partial charge in [0.2, 0.25) is 11.1 Å². The summed E-state index contributed by atoms with van der Waals surface area (Å²) in [6.07, 6.45) is 0. The first-order chi connectivity index (χ1) is 12.7. The third kappa shape index (κ3) is 4.40. The van der Waals surface area contributed by atoms with Crippen LogP contribution in [-0.4, -0.2) is 38.0 Å². The number of rotatable bonds is 7. The number of hydrogen-bond acceptors (Lipinski definition) is 6. The highest BCUT2D eigenvalue weighted by Crippen LogP contribution is 2.24. The Bertz CT molecular complexity index is 852. The Morgan fingerprint density at radius 1 is 1.19 bits per heavy atom. The maximum absolute atomic E-state index is 12.5. The lowest BCUT2D eigenvalue weighted by Crippen LogP contribution is -2.22. The summed E-state index contributed by atoms with van der Waals surface area (Å²) in [6, 6.07) is 16.8. The molecule has 7 nitrogen and oxygen atoms in total. The molecule has 1 N–H and O–H groups in total. The second-order valence-corrected chi connectivity index (χ2v) is 6.72. The van der Waals surface area contributed by atoms with Crippen LogP contribution in [0.5, 0.6) is 5.75 Å². The summed E-state index contributed by atoms with van der Waals surface area (Å²) in [5, 5.41) is 14.8. The average molecular weight is 369 g/mol. The van der Waals surface area contributed by atoms with E-state index in [-0.39, 0.29) is 11.2 Å². The fraction of sp³-hybridized carbons (Fsp3) is 0.222. The maximum atomic E-state index is 12.5. The quantitative estimate of drug-likeness (QED) is 0.644. The van der Waals surface area contributed by atoms with Crippen molar-refractivity contribution in [2.75, 3.05) is 11.9 Å². The van der Waals surface area contributed by atoms with Crippen LogP contribution in [0.3, 0.4) is 0 Å². The zero-order valence-electron chi connectivity index (χ0n) is 14.5. The highest BCUT2D eigenvalue weighted by molar-refractivity contribution is 8.00. The molecule has 1 aromatic heterocycles. The van der Waals surface area contributed by atoms with Gasteiger partial charge in [0.15, 0.2) is 0 Å². The number of carbonyl (C=O) groups excluding carboxylic acids is 1. The third-order valence-corrected chi connectivity index (χ3v) is 4.56. The topological polar surface area (TPSA) is 81.9 Å². The molecule has 26 heavy (non-hydrogen) atoms. The number of para-hydroxylation sites is 1. The third-order valence-electron chi connectivity index (χ3n) is 3.53. The van der Waals surface area contributed by atoms with Gasteiger partial charge in [-0.15, -0.1) is 5.10 Å². The Morgan fingerprint density at radius 3 is 2.62 bits per heavy atom. The molecule has 1 atom stereocenters. The Balaban J connectivity index is 1.64. The van der Waals surface area contributed by atoms with E-state index in [0.29, 0.717) is 17.5 Å². The van der Waals surface area contributed by atoms with Crippen molar-refractivity contribution in [2.45, 2.75) is 24.3 Å². The molecule has 0 saturated heterocycles. The van der Waals surface area contributed by atoms with E-state index in [4.69, 9.17) is 4.74 Å². The monoisotopic (exact) mass is 369 g/mol. The lowest BCUT2D eigenvalue weighted by atomic mass is 10.3. The number of carbonyl (C=O) groups is 1. The van der Waals surface area contributed by atoms with Crippen LogP contribution in [0.25, 0.3) is 5.69 Å². The second-order valence-electron chi connectivity index (χ2n) is 5.42. The molecule has 0 fully saturated rings. The van der Waals surface area contributed by atoms with E-state index < -0.39 is 0 Å². The molecule has 0 aliphatic heterocycles. The Hall–Kier alpha value is -2.87. The van der Waals surface area contributed by atoms with Crippen molar-refractivity contribution >= 4 is 23.4 Å². The zero-order valence-corrected chi connectivity index (χ0v) is 15.3. The van der Waals surface area contributed by atoms with Crippen molar-refractivity contribution < 1.29 is 9.53 Å². The summed E-state index contributed by atoms with van der Waals surface area (Å²) < 4.78 is 7.01. The molecule has 3 aromatic rings. The average Bonchev–Trinajstić information content (AvgIpc) is 3.12. The fourth-order valence-corrected chi connectivity index (χ4v) is 3.05. The van der Waals surface area contributed by atoms with Gasteiger partial charge in [0.1, 0.15) is 5.75 Å². The smallest absolute Gasteiger partial charge is 0.237 e. The Morgan fingerprint density at radius 2 is 1.92 bits per heavy atom. The van der Waals surface area contributed by atoms with E-state index in [1.807, 2.05) is 68.4 Å². The number of aromatic nitrogens is 4. The molecule has 0 radical (unpaired) electrons. The summed E-state index contributed by atoms with van der Waals surface area (Å²) in [4.78, 5) is 12.5. The van der Waals surface area contributed by atoms with Crippen molar-refractivity contribution in [1.82, 2.24) is 20.2 Å². The molecule has 0 bridgehead atoms. The van der Waals surface area contributed by atoms with Crippen LogP contribution in [0, 0.1) is 0 Å². The minimum atomic E-state index is -0.366. The fourth-order valence-electron chi connectivity index (χ4n) is 2.24. The van der Waals surface area contributed by atoms with E-state index in [9.17, 15) is 4.79 Å². The minimum Gasteiger partial charge on any atom is -0.494 e. The Kier molecular flexibility index (Phi) is 5.85. The van der Waals surface area contributed by atoms with Crippen LogP contribution in [0.4, 0.5) is 5.69 Å². The van der Waals surface area contributed by atoms with E-state index in [1.165, 1.54) is 11.8 Å². The first kappa shape index (κ1) is 17.9. The van der Waals surface area contributed by atoms with Crippen LogP contribution in [0.1, 0.15) is 13.8 Å². The lowest BCUT2D eigenvalue weighted by molar-refractivity contribution is -0.115. The molecule has 0 aliphatic rings. The van der Waals surface area contributed by atoms with Gasteiger partial charge in [-0.2, -0.15) is 4.68 Å². The molecule has 1 heterocycles. The largest absolute Gasteiger partial charge is 0.494 e. The van der Waals surface area contributed by atoms with Crippen LogP contribution >= 0.6 is 11.8 Å². The summed E-state index contributed by atoms with van der Waals surface area (Å²) in [5.74, 6) is 0.650. The first-order valence-electron chi connectivity index (χ1n) is 8.21. The van der Waals surface area contributed by atoms with Gasteiger partial charge in [-0.3, -0.25) is 4.79 Å². The molecule has 8 heteroatoms. The van der Waals surface area contributed by atoms with Crippen molar-refractivity contribution in [1.29, 1.82) is 0 Å². The molecule has 0 saturated carbocycles. The summed E-state index contributed by atoms with van der Waals surface area (Å²) in [6.45, 7) is 4.35. The van der Waals surface area contributed by atoms with Crippen LogP contribution in [0.15, 0.2) is 59.8 Å². The van der Waals surface area contributed by atoms with Crippen LogP contribution < -0.4 is 10.1 Å². The summed E-state index contributed by atoms with van der Waals surface area (Å²) in [5.41, 5.74) is 1.56. The highest BCUT2D eigenvalue weighted by atomic mass is 32.2. The number of anilines is 1. The molecule has 2 aromatic carbocycles. The van der Waals surface area contributed by atoms with E-state index >= 15 is 0 Å². The molecular weight excluding hydrogens is 350 g/mol. The number of tetrazole rings is 1. The predicted molar refractivity (Wildman–Crippen MR) is 101 cm³/mol. The lowest BCUT2D eigenvalue weighted by Gasteiger charge is -2.12. The highest BCUT2D eigenvalue weighted by Gasteiger charge is 2.19. The molecule has 0 unspecified atom stereocenters. The van der Waals surface area contributed by atoms with Gasteiger partial charge in [-0.1, -0.05) is 30.0 Å². The number of amides is 1. The molecule has 3 rings (SSSR count). The predicted octanol–water partition coefficient (Wildman–Crippen LogP) is 3.18. The molecule has 134 valence electrons. The van der Waals surface area contributed by atoms with E-state index in [0.717, 1.165) is 11.4 Å². The number of hydrogen-bond donors (Lipinski definition) is 1. The maximum Gasteiger partial charge on any atom is 0.237 e. The van der Waals surface area contributed by atoms with Crippen molar-refractivity contribution in [3.8, 4) is 11.4 Å². The van der Waals surface area contributed by atoms with Crippen LogP contribution in [-0.2, 0) is 4.79 Å². The summed E-state index contributed by atoms with van der Waals surface area (Å²) in [7, 11) is 0. The number of benzene rings is 2. The van der Waals surface area contributed by atoms with Gasteiger partial charge in [0.05, 0.1) is 17.5 Å². The van der Waals surface area contributed by atoms with Gasteiger partial charge in [0.25, 0.3) is 0 Å². The standard InChI is InChI=1S/C18H19N5O2S/c1-3-25-16-11-9-14(10-12-16)19-17(24)13(2)26-18-20-21-22-23(18)15-7-5-4-6-8-15/h4-13H,3H2,1-2H3,(H,19,24)/t13-/m1/s1. The number of nitrogens with zero attached hydrogens (tertiary/aromatic N) is 4. The van der Waals surface area contributed by atoms with Crippen molar-refractivity contribution in [3.63, 3.8) is 0 Å². The number of thioether (sulfide) groups is 1. The van der Waals surface area contributed by atoms with Gasteiger partial charge in [-0.05, 0) is 60.7 Å². The van der Waals surface area contributed by atoms with Gasteiger partial charge in [-0.25, -0.2) is 0 Å². The minimum absolute atomic E-state index is 0.123. The van der Waals surface area contributed by atoms with E-state index in [1.54, 1.807) is 4.68 Å². The van der Waals surface area contributed by atoms with Crippen molar-refractivity contribution in [3.05, 3.63) is 54.6 Å². The number of ether oxygens (including phenoxy) is 1. The SMILES string of the molecule is CCOc1ccc(NC(=O)[C@@H](C)Sc2nnnn2-c2ccccc2)cc1. The first-order valence-corrected chi connectivity index (χ1v) is 9.09. The van der Waals surface area contributed by atoms with Crippen LogP contribution in [0.2, 0.25) is 0 Å². The van der Waals surface area contributed by atoms with Gasteiger partial charge in [0, 0.05) is 5.69 Å². The normalized spacial score (nSPS) is 11.8. The van der Waals surface area contributed by atoms with Gasteiger partial charge < -0.3 is 10.1 Å². The zero-order chi connectivity index (χ0) is 18.4.